The first-order valence-corrected chi connectivity index (χ1v) is 6.11. The lowest BCUT2D eigenvalue weighted by Gasteiger charge is -2.20. The van der Waals surface area contributed by atoms with Crippen molar-refractivity contribution in [3.05, 3.63) is 3.92 Å². The maximum atomic E-state index is 8.89. The lowest BCUT2D eigenvalue weighted by atomic mass is 10.0. The van der Waals surface area contributed by atoms with Crippen LogP contribution in [0.5, 0.6) is 0 Å². The van der Waals surface area contributed by atoms with Crippen molar-refractivity contribution < 1.29 is 5.11 Å². The summed E-state index contributed by atoms with van der Waals surface area (Å²) in [6, 6.07) is 0.250. The number of anilines is 1. The largest absolute Gasteiger partial charge is 0.396 e. The van der Waals surface area contributed by atoms with Gasteiger partial charge in [0.15, 0.2) is 3.92 Å². The summed E-state index contributed by atoms with van der Waals surface area (Å²) in [4.78, 5) is 0. The second-order valence-corrected chi connectivity index (χ2v) is 5.62. The molecule has 0 saturated carbocycles. The van der Waals surface area contributed by atoms with Crippen LogP contribution in [-0.2, 0) is 0 Å². The highest BCUT2D eigenvalue weighted by atomic mass is 79.9. The Hall–Kier alpha value is -0.200. The predicted molar refractivity (Wildman–Crippen MR) is 61.6 cm³/mol. The molecule has 1 aromatic rings. The van der Waals surface area contributed by atoms with E-state index in [1.54, 1.807) is 0 Å². The Balaban J connectivity index is 2.55. The Morgan fingerprint density at radius 1 is 1.50 bits per heavy atom. The van der Waals surface area contributed by atoms with Crippen LogP contribution in [0.4, 0.5) is 5.13 Å². The molecule has 0 amide bonds. The van der Waals surface area contributed by atoms with Gasteiger partial charge in [0.2, 0.25) is 5.13 Å². The van der Waals surface area contributed by atoms with E-state index in [1.807, 2.05) is 0 Å². The smallest absolute Gasteiger partial charge is 0.206 e. The van der Waals surface area contributed by atoms with Crippen LogP contribution >= 0.6 is 27.3 Å². The summed E-state index contributed by atoms with van der Waals surface area (Å²) >= 11 is 4.71. The van der Waals surface area contributed by atoms with Gasteiger partial charge in [-0.25, -0.2) is 0 Å². The molecule has 4 nitrogen and oxygen atoms in total. The molecule has 1 aromatic heterocycles. The Kier molecular flexibility index (Phi) is 4.77. The van der Waals surface area contributed by atoms with Gasteiger partial charge in [0.05, 0.1) is 0 Å². The fourth-order valence-corrected chi connectivity index (χ4v) is 2.21. The van der Waals surface area contributed by atoms with Crippen LogP contribution < -0.4 is 5.32 Å². The number of halogens is 1. The molecule has 80 valence electrons. The fourth-order valence-electron chi connectivity index (χ4n) is 1.13. The predicted octanol–water partition coefficient (Wildman–Crippen LogP) is 2.12. The summed E-state index contributed by atoms with van der Waals surface area (Å²) in [7, 11) is 0. The average Bonchev–Trinajstić information content (AvgIpc) is 2.50. The zero-order valence-electron chi connectivity index (χ0n) is 8.20. The fraction of sp³-hybridized carbons (Fsp3) is 0.750. The SMILES string of the molecule is CC(C)C(CCO)Nc1nnc(Br)s1. The molecule has 1 rings (SSSR count). The highest BCUT2D eigenvalue weighted by molar-refractivity contribution is 9.11. The standard InChI is InChI=1S/C8H14BrN3OS/c1-5(2)6(3-4-13)10-8-12-11-7(9)14-8/h5-6,13H,3-4H2,1-2H3,(H,10,12). The molecule has 1 unspecified atom stereocenters. The third-order valence-corrected chi connectivity index (χ3v) is 3.24. The average molecular weight is 280 g/mol. The van der Waals surface area contributed by atoms with Crippen molar-refractivity contribution in [2.24, 2.45) is 5.92 Å². The van der Waals surface area contributed by atoms with E-state index in [0.717, 1.165) is 15.5 Å². The number of hydrogen-bond donors (Lipinski definition) is 2. The summed E-state index contributed by atoms with van der Waals surface area (Å²) in [6.45, 7) is 4.42. The Labute approximate surface area is 95.9 Å². The minimum Gasteiger partial charge on any atom is -0.396 e. The highest BCUT2D eigenvalue weighted by Gasteiger charge is 2.14. The Morgan fingerprint density at radius 2 is 2.21 bits per heavy atom. The van der Waals surface area contributed by atoms with Crippen LogP contribution in [0.3, 0.4) is 0 Å². The normalized spacial score (nSPS) is 13.2. The number of aliphatic hydroxyl groups is 1. The number of nitrogens with one attached hydrogen (secondary N) is 1. The minimum absolute atomic E-state index is 0.190. The van der Waals surface area contributed by atoms with Crippen molar-refractivity contribution in [2.75, 3.05) is 11.9 Å². The third-order valence-electron chi connectivity index (χ3n) is 1.95. The van der Waals surface area contributed by atoms with Crippen molar-refractivity contribution in [2.45, 2.75) is 26.3 Å². The summed E-state index contributed by atoms with van der Waals surface area (Å²) in [5, 5.41) is 20.7. The summed E-state index contributed by atoms with van der Waals surface area (Å²) in [5.41, 5.74) is 0. The van der Waals surface area contributed by atoms with Crippen molar-refractivity contribution >= 4 is 32.4 Å². The maximum Gasteiger partial charge on any atom is 0.206 e. The second kappa shape index (κ2) is 5.63. The zero-order valence-corrected chi connectivity index (χ0v) is 10.6. The van der Waals surface area contributed by atoms with Crippen LogP contribution in [0.2, 0.25) is 0 Å². The van der Waals surface area contributed by atoms with Crippen LogP contribution in [-0.4, -0.2) is 28.0 Å². The minimum atomic E-state index is 0.190. The second-order valence-electron chi connectivity index (χ2n) is 3.37. The van der Waals surface area contributed by atoms with Gasteiger partial charge >= 0.3 is 0 Å². The summed E-state index contributed by atoms with van der Waals surface area (Å²) in [6.07, 6.45) is 0.731. The van der Waals surface area contributed by atoms with E-state index < -0.39 is 0 Å². The zero-order chi connectivity index (χ0) is 10.6. The van der Waals surface area contributed by atoms with E-state index in [0.29, 0.717) is 5.92 Å². The first-order chi connectivity index (χ1) is 6.63. The van der Waals surface area contributed by atoms with Crippen LogP contribution in [0.15, 0.2) is 3.92 Å². The van der Waals surface area contributed by atoms with E-state index in [1.165, 1.54) is 11.3 Å². The Morgan fingerprint density at radius 3 is 2.64 bits per heavy atom. The van der Waals surface area contributed by atoms with Gasteiger partial charge in [-0.2, -0.15) is 0 Å². The van der Waals surface area contributed by atoms with E-state index in [-0.39, 0.29) is 12.6 Å². The van der Waals surface area contributed by atoms with E-state index in [2.05, 4.69) is 45.3 Å². The monoisotopic (exact) mass is 279 g/mol. The van der Waals surface area contributed by atoms with Gasteiger partial charge in [-0.15, -0.1) is 10.2 Å². The molecule has 2 N–H and O–H groups in total. The highest BCUT2D eigenvalue weighted by Crippen LogP contribution is 2.22. The number of aliphatic hydroxyl groups excluding tert-OH is 1. The molecule has 0 bridgehead atoms. The molecular formula is C8H14BrN3OS. The van der Waals surface area contributed by atoms with Crippen molar-refractivity contribution in [1.29, 1.82) is 0 Å². The molecule has 0 aliphatic carbocycles. The number of aromatic nitrogens is 2. The molecule has 0 aliphatic heterocycles. The molecule has 6 heteroatoms. The quantitative estimate of drug-likeness (QED) is 0.867. The number of nitrogens with zero attached hydrogens (tertiary/aromatic N) is 2. The van der Waals surface area contributed by atoms with Crippen LogP contribution in [0.25, 0.3) is 0 Å². The lowest BCUT2D eigenvalue weighted by molar-refractivity contribution is 0.267. The van der Waals surface area contributed by atoms with Crippen molar-refractivity contribution in [1.82, 2.24) is 10.2 Å². The third kappa shape index (κ3) is 3.51. The number of rotatable bonds is 5. The molecular weight excluding hydrogens is 266 g/mol. The van der Waals surface area contributed by atoms with E-state index in [9.17, 15) is 0 Å². The maximum absolute atomic E-state index is 8.89. The first kappa shape index (κ1) is 11.9. The summed E-state index contributed by atoms with van der Waals surface area (Å²) in [5.74, 6) is 0.463. The van der Waals surface area contributed by atoms with Crippen molar-refractivity contribution in [3.8, 4) is 0 Å². The number of hydrogen-bond acceptors (Lipinski definition) is 5. The molecule has 1 atom stereocenters. The molecule has 0 aliphatic rings. The molecule has 0 saturated heterocycles. The topological polar surface area (TPSA) is 58.0 Å². The van der Waals surface area contributed by atoms with Gasteiger partial charge in [0, 0.05) is 12.6 Å². The molecule has 14 heavy (non-hydrogen) atoms. The van der Waals surface area contributed by atoms with Crippen molar-refractivity contribution in [3.63, 3.8) is 0 Å². The van der Waals surface area contributed by atoms with Gasteiger partial charge < -0.3 is 10.4 Å². The molecule has 1 heterocycles. The first-order valence-electron chi connectivity index (χ1n) is 4.50. The van der Waals surface area contributed by atoms with Gasteiger partial charge in [0.25, 0.3) is 0 Å². The lowest BCUT2D eigenvalue weighted by Crippen LogP contribution is -2.26. The molecule has 0 radical (unpaired) electrons. The van der Waals surface area contributed by atoms with Crippen LogP contribution in [0.1, 0.15) is 20.3 Å². The molecule has 0 fully saturated rings. The molecule has 0 aromatic carbocycles. The van der Waals surface area contributed by atoms with Crippen LogP contribution in [0, 0.1) is 5.92 Å². The van der Waals surface area contributed by atoms with Gasteiger partial charge in [-0.3, -0.25) is 0 Å². The Bertz CT molecular complexity index is 279. The van der Waals surface area contributed by atoms with Gasteiger partial charge in [-0.05, 0) is 28.3 Å². The summed E-state index contributed by atoms with van der Waals surface area (Å²) < 4.78 is 0.770. The van der Waals surface area contributed by atoms with Gasteiger partial charge in [-0.1, -0.05) is 25.2 Å². The molecule has 0 spiro atoms. The van der Waals surface area contributed by atoms with Gasteiger partial charge in [0.1, 0.15) is 0 Å². The van der Waals surface area contributed by atoms with E-state index in [4.69, 9.17) is 5.11 Å². The van der Waals surface area contributed by atoms with E-state index >= 15 is 0 Å².